The number of nitriles is 1. The molecule has 0 fully saturated rings. The number of hydrogen-bond donors (Lipinski definition) is 2. The lowest BCUT2D eigenvalue weighted by atomic mass is 9.76. The third-order valence-electron chi connectivity index (χ3n) is 3.28. The summed E-state index contributed by atoms with van der Waals surface area (Å²) in [4.78, 5) is 0. The average Bonchev–Trinajstić information content (AvgIpc) is 2.27. The molecular formula is C13H17BClNO3. The SMILES string of the molecule is CC(C)(O)C(C)(C)OB(O)c1ccc(Cl)c(C#N)c1. The molecule has 1 aromatic carbocycles. The Labute approximate surface area is 118 Å². The van der Waals surface area contributed by atoms with Crippen LogP contribution in [0, 0.1) is 11.3 Å². The standard InChI is InChI=1S/C13H17BClNO3/c1-12(2,17)13(3,4)19-14(18)10-5-6-11(15)9(7-10)8-16/h5-7,17-18H,1-4H3. The summed E-state index contributed by atoms with van der Waals surface area (Å²) >= 11 is 5.82. The maximum atomic E-state index is 10.0. The Bertz CT molecular complexity index is 506. The van der Waals surface area contributed by atoms with E-state index in [4.69, 9.17) is 21.5 Å². The van der Waals surface area contributed by atoms with Crippen LogP contribution in [0.3, 0.4) is 0 Å². The highest BCUT2D eigenvalue weighted by atomic mass is 35.5. The van der Waals surface area contributed by atoms with Gasteiger partial charge in [-0.25, -0.2) is 0 Å². The predicted octanol–water partition coefficient (Wildman–Crippen LogP) is 1.47. The summed E-state index contributed by atoms with van der Waals surface area (Å²) in [6, 6.07) is 6.51. The summed E-state index contributed by atoms with van der Waals surface area (Å²) in [5.74, 6) is 0. The van der Waals surface area contributed by atoms with Gasteiger partial charge in [0.2, 0.25) is 0 Å². The van der Waals surface area contributed by atoms with E-state index in [-0.39, 0.29) is 5.56 Å². The van der Waals surface area contributed by atoms with Crippen LogP contribution in [0.4, 0.5) is 0 Å². The molecule has 0 radical (unpaired) electrons. The number of benzene rings is 1. The Hall–Kier alpha value is -1.06. The molecule has 0 amide bonds. The van der Waals surface area contributed by atoms with Crippen LogP contribution in [-0.4, -0.2) is 28.5 Å². The van der Waals surface area contributed by atoms with E-state index in [0.717, 1.165) is 0 Å². The fraction of sp³-hybridized carbons (Fsp3) is 0.462. The topological polar surface area (TPSA) is 73.5 Å². The molecule has 4 nitrogen and oxygen atoms in total. The van der Waals surface area contributed by atoms with Crippen molar-refractivity contribution < 1.29 is 14.8 Å². The van der Waals surface area contributed by atoms with Crippen molar-refractivity contribution in [3.05, 3.63) is 28.8 Å². The minimum atomic E-state index is -1.24. The Balaban J connectivity index is 2.97. The zero-order valence-electron chi connectivity index (χ0n) is 11.4. The van der Waals surface area contributed by atoms with Gasteiger partial charge in [-0.1, -0.05) is 17.7 Å². The molecule has 1 rings (SSSR count). The lowest BCUT2D eigenvalue weighted by Crippen LogP contribution is -2.53. The van der Waals surface area contributed by atoms with E-state index in [1.165, 1.54) is 12.1 Å². The van der Waals surface area contributed by atoms with Crippen LogP contribution in [0.5, 0.6) is 0 Å². The fourth-order valence-corrected chi connectivity index (χ4v) is 1.43. The largest absolute Gasteiger partial charge is 0.491 e. The summed E-state index contributed by atoms with van der Waals surface area (Å²) in [7, 11) is -1.24. The summed E-state index contributed by atoms with van der Waals surface area (Å²) in [5, 5.41) is 29.2. The number of nitrogens with zero attached hydrogens (tertiary/aromatic N) is 1. The zero-order valence-corrected chi connectivity index (χ0v) is 12.2. The third kappa shape index (κ3) is 3.71. The molecule has 6 heteroatoms. The van der Waals surface area contributed by atoms with Crippen LogP contribution in [-0.2, 0) is 4.65 Å². The first-order valence-corrected chi connectivity index (χ1v) is 6.24. The van der Waals surface area contributed by atoms with E-state index < -0.39 is 18.3 Å². The molecule has 102 valence electrons. The number of halogens is 1. The quantitative estimate of drug-likeness (QED) is 0.820. The lowest BCUT2D eigenvalue weighted by Gasteiger charge is -2.38. The van der Waals surface area contributed by atoms with Crippen molar-refractivity contribution in [2.24, 2.45) is 0 Å². The maximum absolute atomic E-state index is 10.0. The van der Waals surface area contributed by atoms with Crippen LogP contribution in [0.2, 0.25) is 5.02 Å². The van der Waals surface area contributed by atoms with Crippen molar-refractivity contribution in [2.75, 3.05) is 0 Å². The maximum Gasteiger partial charge on any atom is 0.491 e. The van der Waals surface area contributed by atoms with Crippen molar-refractivity contribution in [3.8, 4) is 6.07 Å². The lowest BCUT2D eigenvalue weighted by molar-refractivity contribution is -0.0982. The van der Waals surface area contributed by atoms with Crippen molar-refractivity contribution in [1.29, 1.82) is 5.26 Å². The molecule has 1 aromatic rings. The molecule has 0 heterocycles. The van der Waals surface area contributed by atoms with Crippen molar-refractivity contribution in [3.63, 3.8) is 0 Å². The molecule has 19 heavy (non-hydrogen) atoms. The van der Waals surface area contributed by atoms with E-state index in [1.807, 2.05) is 6.07 Å². The first-order chi connectivity index (χ1) is 8.58. The molecule has 0 aliphatic rings. The predicted molar refractivity (Wildman–Crippen MR) is 75.2 cm³/mol. The fourth-order valence-electron chi connectivity index (χ4n) is 1.27. The van der Waals surface area contributed by atoms with Gasteiger partial charge in [0.25, 0.3) is 0 Å². The van der Waals surface area contributed by atoms with Crippen LogP contribution < -0.4 is 5.46 Å². The minimum Gasteiger partial charge on any atom is -0.423 e. The molecule has 2 N–H and O–H groups in total. The van der Waals surface area contributed by atoms with Gasteiger partial charge in [0.05, 0.1) is 21.8 Å². The van der Waals surface area contributed by atoms with Gasteiger partial charge in [-0.05, 0) is 45.3 Å². The van der Waals surface area contributed by atoms with E-state index in [9.17, 15) is 10.1 Å². The van der Waals surface area contributed by atoms with Gasteiger partial charge in [-0.2, -0.15) is 5.26 Å². The Morgan fingerprint density at radius 1 is 1.32 bits per heavy atom. The molecule has 0 aliphatic heterocycles. The highest BCUT2D eigenvalue weighted by Gasteiger charge is 2.39. The Morgan fingerprint density at radius 3 is 2.37 bits per heavy atom. The third-order valence-corrected chi connectivity index (χ3v) is 3.61. The van der Waals surface area contributed by atoms with E-state index in [2.05, 4.69) is 0 Å². The highest BCUT2D eigenvalue weighted by Crippen LogP contribution is 2.25. The number of hydrogen-bond acceptors (Lipinski definition) is 4. The van der Waals surface area contributed by atoms with Gasteiger partial charge in [-0.3, -0.25) is 0 Å². The smallest absolute Gasteiger partial charge is 0.423 e. The van der Waals surface area contributed by atoms with Gasteiger partial charge < -0.3 is 14.8 Å². The van der Waals surface area contributed by atoms with Gasteiger partial charge in [0, 0.05) is 0 Å². The molecular weight excluding hydrogens is 264 g/mol. The normalized spacial score (nSPS) is 12.1. The van der Waals surface area contributed by atoms with E-state index in [0.29, 0.717) is 10.5 Å². The first-order valence-electron chi connectivity index (χ1n) is 5.86. The molecule has 0 atom stereocenters. The second-order valence-corrected chi connectivity index (χ2v) is 5.80. The monoisotopic (exact) mass is 281 g/mol. The molecule has 0 saturated heterocycles. The van der Waals surface area contributed by atoms with Gasteiger partial charge >= 0.3 is 7.12 Å². The summed E-state index contributed by atoms with van der Waals surface area (Å²) in [5.41, 5.74) is -1.40. The van der Waals surface area contributed by atoms with Gasteiger partial charge in [0.1, 0.15) is 6.07 Å². The zero-order chi connectivity index (χ0) is 14.8. The van der Waals surface area contributed by atoms with E-state index >= 15 is 0 Å². The summed E-state index contributed by atoms with van der Waals surface area (Å²) in [6.07, 6.45) is 0. The number of rotatable bonds is 4. The van der Waals surface area contributed by atoms with Crippen molar-refractivity contribution >= 4 is 24.2 Å². The van der Waals surface area contributed by atoms with E-state index in [1.54, 1.807) is 33.8 Å². The number of aliphatic hydroxyl groups is 1. The van der Waals surface area contributed by atoms with Crippen LogP contribution in [0.1, 0.15) is 33.3 Å². The molecule has 0 spiro atoms. The second-order valence-electron chi connectivity index (χ2n) is 5.39. The minimum absolute atomic E-state index is 0.267. The first kappa shape index (κ1) is 16.0. The highest BCUT2D eigenvalue weighted by molar-refractivity contribution is 6.60. The Morgan fingerprint density at radius 2 is 1.89 bits per heavy atom. The van der Waals surface area contributed by atoms with Crippen LogP contribution in [0.15, 0.2) is 18.2 Å². The Kier molecular flexibility index (Phi) is 4.65. The van der Waals surface area contributed by atoms with Crippen LogP contribution >= 0.6 is 11.6 Å². The van der Waals surface area contributed by atoms with Crippen molar-refractivity contribution in [2.45, 2.75) is 38.9 Å². The molecule has 0 aromatic heterocycles. The van der Waals surface area contributed by atoms with Crippen LogP contribution in [0.25, 0.3) is 0 Å². The van der Waals surface area contributed by atoms with Crippen molar-refractivity contribution in [1.82, 2.24) is 0 Å². The van der Waals surface area contributed by atoms with Gasteiger partial charge in [0.15, 0.2) is 0 Å². The summed E-state index contributed by atoms with van der Waals surface area (Å²) in [6.45, 7) is 6.55. The molecule has 0 unspecified atom stereocenters. The average molecular weight is 282 g/mol. The second kappa shape index (κ2) is 5.52. The molecule has 0 aliphatic carbocycles. The molecule has 0 bridgehead atoms. The summed E-state index contributed by atoms with van der Waals surface area (Å²) < 4.78 is 5.48. The van der Waals surface area contributed by atoms with Gasteiger partial charge in [-0.15, -0.1) is 0 Å². The molecule has 0 saturated carbocycles.